The molecule has 2 aromatic rings. The first kappa shape index (κ1) is 13.6. The molecule has 0 unspecified atom stereocenters. The summed E-state index contributed by atoms with van der Waals surface area (Å²) in [4.78, 5) is 10.7. The van der Waals surface area contributed by atoms with Gasteiger partial charge < -0.3 is 5.32 Å². The van der Waals surface area contributed by atoms with E-state index in [9.17, 15) is 10.1 Å². The van der Waals surface area contributed by atoms with Crippen molar-refractivity contribution in [2.75, 3.05) is 5.32 Å². The average Bonchev–Trinajstić information content (AvgIpc) is 2.45. The molecule has 0 aromatic heterocycles. The maximum Gasteiger partial charge on any atom is 0.295 e. The summed E-state index contributed by atoms with van der Waals surface area (Å²) in [7, 11) is 0. The Kier molecular flexibility index (Phi) is 3.96. The van der Waals surface area contributed by atoms with Crippen molar-refractivity contribution in [1.29, 1.82) is 5.26 Å². The van der Waals surface area contributed by atoms with Crippen molar-refractivity contribution in [1.82, 2.24) is 0 Å². The molecule has 0 bridgehead atoms. The molecule has 0 radical (unpaired) electrons. The lowest BCUT2D eigenvalue weighted by atomic mass is 10.1. The molecule has 0 atom stereocenters. The lowest BCUT2D eigenvalue weighted by Gasteiger charge is -2.08. The van der Waals surface area contributed by atoms with Crippen LogP contribution in [0.25, 0.3) is 0 Å². The van der Waals surface area contributed by atoms with Crippen LogP contribution in [-0.2, 0) is 6.54 Å². The van der Waals surface area contributed by atoms with Gasteiger partial charge in [0.25, 0.3) is 5.69 Å². The number of aryl methyl sites for hydroxylation is 1. The minimum atomic E-state index is -0.386. The van der Waals surface area contributed by atoms with Gasteiger partial charge in [-0.25, -0.2) is 0 Å². The van der Waals surface area contributed by atoms with Crippen molar-refractivity contribution in [3.05, 3.63) is 69.3 Å². The molecule has 0 amide bonds. The van der Waals surface area contributed by atoms with Crippen molar-refractivity contribution >= 4 is 11.4 Å². The minimum Gasteiger partial charge on any atom is -0.375 e. The van der Waals surface area contributed by atoms with E-state index >= 15 is 0 Å². The summed E-state index contributed by atoms with van der Waals surface area (Å²) in [6, 6.07) is 14.4. The summed E-state index contributed by atoms with van der Waals surface area (Å²) in [5.74, 6) is 0. The minimum absolute atomic E-state index is 0.0870. The predicted molar refractivity (Wildman–Crippen MR) is 76.3 cm³/mol. The van der Waals surface area contributed by atoms with Gasteiger partial charge in [-0.3, -0.25) is 10.1 Å². The van der Waals surface area contributed by atoms with Crippen LogP contribution in [0.4, 0.5) is 11.4 Å². The molecule has 0 saturated carbocycles. The smallest absolute Gasteiger partial charge is 0.295 e. The predicted octanol–water partition coefficient (Wildman–Crippen LogP) is 3.39. The highest BCUT2D eigenvalue weighted by atomic mass is 16.6. The fourth-order valence-corrected chi connectivity index (χ4v) is 1.99. The van der Waals surface area contributed by atoms with Gasteiger partial charge >= 0.3 is 0 Å². The highest BCUT2D eigenvalue weighted by molar-refractivity contribution is 5.65. The number of nitro benzene ring substituents is 1. The Labute approximate surface area is 116 Å². The molecule has 0 fully saturated rings. The van der Waals surface area contributed by atoms with Crippen LogP contribution in [0.5, 0.6) is 0 Å². The maximum atomic E-state index is 11.1. The topological polar surface area (TPSA) is 79.0 Å². The molecule has 0 saturated heterocycles. The number of nitrogens with zero attached hydrogens (tertiary/aromatic N) is 2. The first-order chi connectivity index (χ1) is 9.61. The number of hydrogen-bond donors (Lipinski definition) is 1. The molecular weight excluding hydrogens is 254 g/mol. The van der Waals surface area contributed by atoms with Crippen LogP contribution in [0.1, 0.15) is 16.7 Å². The molecule has 0 aliphatic heterocycles. The maximum absolute atomic E-state index is 11.1. The Bertz CT molecular complexity index is 690. The molecule has 5 nitrogen and oxygen atoms in total. The van der Waals surface area contributed by atoms with E-state index in [0.29, 0.717) is 23.4 Å². The molecule has 0 heterocycles. The van der Waals surface area contributed by atoms with E-state index in [1.165, 1.54) is 0 Å². The Balaban J connectivity index is 2.21. The molecule has 100 valence electrons. The van der Waals surface area contributed by atoms with Gasteiger partial charge in [-0.2, -0.15) is 5.26 Å². The van der Waals surface area contributed by atoms with E-state index < -0.39 is 0 Å². The second kappa shape index (κ2) is 5.85. The van der Waals surface area contributed by atoms with Gasteiger partial charge in [0.2, 0.25) is 0 Å². The Morgan fingerprint density at radius 1 is 1.30 bits per heavy atom. The number of nitrogens with one attached hydrogen (secondary N) is 1. The Hall–Kier alpha value is -2.87. The van der Waals surface area contributed by atoms with Crippen LogP contribution >= 0.6 is 0 Å². The monoisotopic (exact) mass is 267 g/mol. The average molecular weight is 267 g/mol. The van der Waals surface area contributed by atoms with Gasteiger partial charge in [-0.15, -0.1) is 0 Å². The van der Waals surface area contributed by atoms with E-state index in [0.717, 1.165) is 5.56 Å². The zero-order valence-electron chi connectivity index (χ0n) is 11.0. The van der Waals surface area contributed by atoms with Gasteiger partial charge in [-0.1, -0.05) is 24.3 Å². The lowest BCUT2D eigenvalue weighted by molar-refractivity contribution is -0.384. The molecule has 5 heteroatoms. The van der Waals surface area contributed by atoms with Crippen molar-refractivity contribution in [2.24, 2.45) is 0 Å². The van der Waals surface area contributed by atoms with E-state index in [2.05, 4.69) is 11.4 Å². The number of nitro groups is 1. The number of benzene rings is 2. The molecule has 0 spiro atoms. The van der Waals surface area contributed by atoms with Gasteiger partial charge in [0.05, 0.1) is 16.6 Å². The first-order valence-corrected chi connectivity index (χ1v) is 6.08. The number of para-hydroxylation sites is 1. The normalized spacial score (nSPS) is 9.80. The Morgan fingerprint density at radius 2 is 2.05 bits per heavy atom. The molecule has 20 heavy (non-hydrogen) atoms. The number of hydrogen-bond acceptors (Lipinski definition) is 4. The second-order valence-corrected chi connectivity index (χ2v) is 4.39. The Morgan fingerprint density at radius 3 is 2.75 bits per heavy atom. The van der Waals surface area contributed by atoms with Gasteiger partial charge in [-0.05, 0) is 30.7 Å². The lowest BCUT2D eigenvalue weighted by Crippen LogP contribution is -2.04. The number of rotatable bonds is 4. The summed E-state index contributed by atoms with van der Waals surface area (Å²) in [6.45, 7) is 2.14. The number of nitriles is 1. The molecule has 0 aliphatic carbocycles. The third-order valence-corrected chi connectivity index (χ3v) is 2.96. The summed E-state index contributed by atoms with van der Waals surface area (Å²) in [5, 5.41) is 23.0. The second-order valence-electron chi connectivity index (χ2n) is 4.39. The zero-order chi connectivity index (χ0) is 14.5. The van der Waals surface area contributed by atoms with E-state index in [1.54, 1.807) is 43.3 Å². The fraction of sp³-hybridized carbons (Fsp3) is 0.133. The standard InChI is InChI=1S/C15H13N3O2/c1-11-4-2-7-14(15(11)18(19)20)17-10-13-6-3-5-12(8-13)9-16/h2-8,17H,10H2,1H3. The van der Waals surface area contributed by atoms with Crippen LogP contribution in [0, 0.1) is 28.4 Å². The van der Waals surface area contributed by atoms with E-state index in [-0.39, 0.29) is 10.6 Å². The molecule has 0 aliphatic rings. The first-order valence-electron chi connectivity index (χ1n) is 6.08. The molecule has 2 rings (SSSR count). The third-order valence-electron chi connectivity index (χ3n) is 2.96. The van der Waals surface area contributed by atoms with Crippen LogP contribution in [0.2, 0.25) is 0 Å². The van der Waals surface area contributed by atoms with Crippen LogP contribution in [0.3, 0.4) is 0 Å². The van der Waals surface area contributed by atoms with Crippen LogP contribution in [0.15, 0.2) is 42.5 Å². The van der Waals surface area contributed by atoms with E-state index in [1.807, 2.05) is 6.07 Å². The summed E-state index contributed by atoms with van der Waals surface area (Å²) >= 11 is 0. The fourth-order valence-electron chi connectivity index (χ4n) is 1.99. The van der Waals surface area contributed by atoms with Crippen LogP contribution in [-0.4, -0.2) is 4.92 Å². The van der Waals surface area contributed by atoms with Crippen LogP contribution < -0.4 is 5.32 Å². The largest absolute Gasteiger partial charge is 0.375 e. The third kappa shape index (κ3) is 2.93. The zero-order valence-corrected chi connectivity index (χ0v) is 11.0. The summed E-state index contributed by atoms with van der Waals surface area (Å²) < 4.78 is 0. The molecular formula is C15H13N3O2. The van der Waals surface area contributed by atoms with Crippen molar-refractivity contribution in [3.63, 3.8) is 0 Å². The summed E-state index contributed by atoms with van der Waals surface area (Å²) in [6.07, 6.45) is 0. The SMILES string of the molecule is Cc1cccc(NCc2cccc(C#N)c2)c1[N+](=O)[O-]. The highest BCUT2D eigenvalue weighted by Crippen LogP contribution is 2.28. The van der Waals surface area contributed by atoms with Gasteiger partial charge in [0, 0.05) is 12.1 Å². The van der Waals surface area contributed by atoms with Gasteiger partial charge in [0.15, 0.2) is 0 Å². The van der Waals surface area contributed by atoms with E-state index in [4.69, 9.17) is 5.26 Å². The van der Waals surface area contributed by atoms with Crippen molar-refractivity contribution in [3.8, 4) is 6.07 Å². The number of anilines is 1. The van der Waals surface area contributed by atoms with Crippen molar-refractivity contribution in [2.45, 2.75) is 13.5 Å². The molecule has 2 aromatic carbocycles. The highest BCUT2D eigenvalue weighted by Gasteiger charge is 2.16. The van der Waals surface area contributed by atoms with Crippen molar-refractivity contribution < 1.29 is 4.92 Å². The van der Waals surface area contributed by atoms with Gasteiger partial charge in [0.1, 0.15) is 5.69 Å². The molecule has 1 N–H and O–H groups in total. The summed E-state index contributed by atoms with van der Waals surface area (Å²) in [5.41, 5.74) is 2.66. The quantitative estimate of drug-likeness (QED) is 0.680.